The Morgan fingerprint density at radius 3 is 3.17 bits per heavy atom. The number of piperidine rings is 1. The summed E-state index contributed by atoms with van der Waals surface area (Å²) in [4.78, 5) is 25.7. The summed E-state index contributed by atoms with van der Waals surface area (Å²) in [6.07, 6.45) is 4.55. The molecule has 1 atom stereocenters. The van der Waals surface area contributed by atoms with Crippen LogP contribution in [0.3, 0.4) is 0 Å². The zero-order valence-corrected chi connectivity index (χ0v) is 14.2. The van der Waals surface area contributed by atoms with Crippen molar-refractivity contribution in [1.29, 1.82) is 0 Å². The Hall–Kier alpha value is -1.73. The number of nitrogens with one attached hydrogen (secondary N) is 1. The minimum Gasteiger partial charge on any atom is -0.355 e. The number of amides is 1. The third kappa shape index (κ3) is 3.45. The maximum Gasteiger partial charge on any atom is 0.224 e. The van der Waals surface area contributed by atoms with Gasteiger partial charge in [-0.2, -0.15) is 0 Å². The quantitative estimate of drug-likeness (QED) is 0.867. The van der Waals surface area contributed by atoms with Gasteiger partial charge >= 0.3 is 0 Å². The van der Waals surface area contributed by atoms with E-state index in [0.717, 1.165) is 41.8 Å². The molecule has 1 fully saturated rings. The van der Waals surface area contributed by atoms with E-state index in [1.165, 1.54) is 4.88 Å². The van der Waals surface area contributed by atoms with Crippen LogP contribution in [0.4, 0.5) is 5.82 Å². The molecule has 0 bridgehead atoms. The highest BCUT2D eigenvalue weighted by Gasteiger charge is 2.27. The molecule has 23 heavy (non-hydrogen) atoms. The zero-order valence-electron chi connectivity index (χ0n) is 13.4. The van der Waals surface area contributed by atoms with Crippen molar-refractivity contribution in [3.8, 4) is 0 Å². The fraction of sp³-hybridized carbons (Fsp3) is 0.562. The summed E-state index contributed by atoms with van der Waals surface area (Å²) < 4.78 is 0. The third-order valence-corrected chi connectivity index (χ3v) is 5.43. The highest BCUT2D eigenvalue weighted by atomic mass is 32.1. The van der Waals surface area contributed by atoms with Gasteiger partial charge in [0.2, 0.25) is 5.91 Å². The predicted molar refractivity (Wildman–Crippen MR) is 93.8 cm³/mol. The van der Waals surface area contributed by atoms with Gasteiger partial charge in [-0.25, -0.2) is 9.97 Å². The van der Waals surface area contributed by atoms with Crippen LogP contribution in [0.25, 0.3) is 10.2 Å². The molecule has 0 aromatic carbocycles. The van der Waals surface area contributed by atoms with E-state index in [9.17, 15) is 4.79 Å². The number of nitrogens with two attached hydrogens (primary N) is 1. The van der Waals surface area contributed by atoms with E-state index in [0.29, 0.717) is 19.6 Å². The molecule has 1 unspecified atom stereocenters. The minimum absolute atomic E-state index is 0.00426. The Morgan fingerprint density at radius 2 is 2.39 bits per heavy atom. The van der Waals surface area contributed by atoms with E-state index in [1.54, 1.807) is 17.7 Å². The van der Waals surface area contributed by atoms with Crippen molar-refractivity contribution in [2.45, 2.75) is 26.2 Å². The lowest BCUT2D eigenvalue weighted by Gasteiger charge is -2.33. The van der Waals surface area contributed by atoms with E-state index < -0.39 is 0 Å². The molecule has 3 rings (SSSR count). The smallest absolute Gasteiger partial charge is 0.224 e. The van der Waals surface area contributed by atoms with Gasteiger partial charge in [-0.05, 0) is 25.3 Å². The predicted octanol–water partition coefficient (Wildman–Crippen LogP) is 1.54. The second kappa shape index (κ2) is 7.23. The van der Waals surface area contributed by atoms with Gasteiger partial charge in [0.15, 0.2) is 0 Å². The molecule has 3 heterocycles. The van der Waals surface area contributed by atoms with E-state index in [4.69, 9.17) is 5.73 Å². The number of carbonyl (C=O) groups is 1. The first-order chi connectivity index (χ1) is 11.2. The first kappa shape index (κ1) is 16.1. The molecular formula is C16H23N5OS. The standard InChI is InChI=1S/C16H23N5OS/c1-2-12-8-13-14(19-10-20-16(13)23-12)21-7-3-4-11(9-21)15(22)18-6-5-17/h8,10-11H,2-7,9,17H2,1H3,(H,18,22). The van der Waals surface area contributed by atoms with Crippen molar-refractivity contribution in [2.24, 2.45) is 11.7 Å². The molecule has 0 aliphatic carbocycles. The molecule has 2 aromatic heterocycles. The number of carbonyl (C=O) groups excluding carboxylic acids is 1. The second-order valence-corrected chi connectivity index (χ2v) is 6.96. The molecular weight excluding hydrogens is 310 g/mol. The van der Waals surface area contributed by atoms with Crippen LogP contribution in [-0.4, -0.2) is 42.1 Å². The summed E-state index contributed by atoms with van der Waals surface area (Å²) in [5, 5.41) is 4.01. The fourth-order valence-corrected chi connectivity index (χ4v) is 3.97. The van der Waals surface area contributed by atoms with Gasteiger partial charge in [0.25, 0.3) is 0 Å². The number of nitrogens with zero attached hydrogens (tertiary/aromatic N) is 3. The molecule has 0 radical (unpaired) electrons. The number of aryl methyl sites for hydroxylation is 1. The van der Waals surface area contributed by atoms with E-state index in [-0.39, 0.29) is 11.8 Å². The van der Waals surface area contributed by atoms with Gasteiger partial charge in [0.05, 0.1) is 11.3 Å². The van der Waals surface area contributed by atoms with Crippen molar-refractivity contribution in [3.63, 3.8) is 0 Å². The van der Waals surface area contributed by atoms with Gasteiger partial charge in [-0.1, -0.05) is 6.92 Å². The number of hydrogen-bond acceptors (Lipinski definition) is 6. The minimum atomic E-state index is 0.00426. The summed E-state index contributed by atoms with van der Waals surface area (Å²) in [7, 11) is 0. The normalized spacial score (nSPS) is 18.3. The van der Waals surface area contributed by atoms with E-state index in [1.807, 2.05) is 0 Å². The van der Waals surface area contributed by atoms with E-state index in [2.05, 4.69) is 33.2 Å². The number of aromatic nitrogens is 2. The molecule has 0 spiro atoms. The van der Waals surface area contributed by atoms with Crippen LogP contribution in [-0.2, 0) is 11.2 Å². The second-order valence-electron chi connectivity index (χ2n) is 5.85. The fourth-order valence-electron chi connectivity index (χ4n) is 3.04. The van der Waals surface area contributed by atoms with Gasteiger partial charge in [-0.3, -0.25) is 4.79 Å². The monoisotopic (exact) mass is 333 g/mol. The summed E-state index contributed by atoms with van der Waals surface area (Å²) in [5.74, 6) is 1.07. The number of thiophene rings is 1. The lowest BCUT2D eigenvalue weighted by Crippen LogP contribution is -2.44. The maximum atomic E-state index is 12.2. The SMILES string of the molecule is CCc1cc2c(N3CCCC(C(=O)NCCN)C3)ncnc2s1. The molecule has 1 aliphatic heterocycles. The molecule has 0 saturated carbocycles. The third-order valence-electron chi connectivity index (χ3n) is 4.24. The summed E-state index contributed by atoms with van der Waals surface area (Å²) in [5.41, 5.74) is 5.46. The molecule has 3 N–H and O–H groups in total. The zero-order chi connectivity index (χ0) is 16.2. The van der Waals surface area contributed by atoms with Gasteiger partial charge in [0.1, 0.15) is 17.0 Å². The van der Waals surface area contributed by atoms with E-state index >= 15 is 0 Å². The van der Waals surface area contributed by atoms with Crippen molar-refractivity contribution < 1.29 is 4.79 Å². The van der Waals surface area contributed by atoms with Gasteiger partial charge in [0, 0.05) is 31.1 Å². The number of hydrogen-bond donors (Lipinski definition) is 2. The summed E-state index contributed by atoms with van der Waals surface area (Å²) >= 11 is 1.72. The highest BCUT2D eigenvalue weighted by molar-refractivity contribution is 7.18. The van der Waals surface area contributed by atoms with Gasteiger partial charge in [-0.15, -0.1) is 11.3 Å². The van der Waals surface area contributed by atoms with Crippen LogP contribution in [0.1, 0.15) is 24.6 Å². The molecule has 1 aliphatic rings. The van der Waals surface area contributed by atoms with Crippen LogP contribution < -0.4 is 16.0 Å². The van der Waals surface area contributed by atoms with Crippen molar-refractivity contribution in [3.05, 3.63) is 17.3 Å². The Morgan fingerprint density at radius 1 is 1.52 bits per heavy atom. The van der Waals surface area contributed by atoms with Crippen LogP contribution in [0.15, 0.2) is 12.4 Å². The Kier molecular flexibility index (Phi) is 5.07. The molecule has 1 saturated heterocycles. The van der Waals surface area contributed by atoms with Crippen molar-refractivity contribution in [2.75, 3.05) is 31.1 Å². The molecule has 2 aromatic rings. The molecule has 7 heteroatoms. The average molecular weight is 333 g/mol. The molecule has 6 nitrogen and oxygen atoms in total. The summed E-state index contributed by atoms with van der Waals surface area (Å²) in [6, 6.07) is 2.19. The van der Waals surface area contributed by atoms with Crippen LogP contribution >= 0.6 is 11.3 Å². The maximum absolute atomic E-state index is 12.2. The first-order valence-electron chi connectivity index (χ1n) is 8.19. The topological polar surface area (TPSA) is 84.1 Å². The van der Waals surface area contributed by atoms with Gasteiger partial charge < -0.3 is 16.0 Å². The first-order valence-corrected chi connectivity index (χ1v) is 9.00. The summed E-state index contributed by atoms with van der Waals surface area (Å²) in [6.45, 7) is 4.81. The number of fused-ring (bicyclic) bond motifs is 1. The van der Waals surface area contributed by atoms with Crippen LogP contribution in [0.5, 0.6) is 0 Å². The number of anilines is 1. The molecule has 1 amide bonds. The average Bonchev–Trinajstić information content (AvgIpc) is 3.03. The Labute approximate surface area is 140 Å². The largest absolute Gasteiger partial charge is 0.355 e. The Bertz CT molecular complexity index is 686. The van der Waals surface area contributed by atoms with Crippen LogP contribution in [0.2, 0.25) is 0 Å². The van der Waals surface area contributed by atoms with Crippen molar-refractivity contribution >= 4 is 33.3 Å². The Balaban J connectivity index is 1.81. The number of rotatable bonds is 5. The van der Waals surface area contributed by atoms with Crippen molar-refractivity contribution in [1.82, 2.24) is 15.3 Å². The highest BCUT2D eigenvalue weighted by Crippen LogP contribution is 2.32. The van der Waals surface area contributed by atoms with Crippen LogP contribution in [0, 0.1) is 5.92 Å². The lowest BCUT2D eigenvalue weighted by molar-refractivity contribution is -0.125. The molecule has 124 valence electrons. The lowest BCUT2D eigenvalue weighted by atomic mass is 9.97.